The number of benzene rings is 1. The second-order valence-electron chi connectivity index (χ2n) is 4.07. The average molecular weight is 292 g/mol. The number of carbonyl (C=O) groups is 2. The van der Waals surface area contributed by atoms with Crippen LogP contribution in [0.5, 0.6) is 0 Å². The van der Waals surface area contributed by atoms with Crippen LogP contribution in [-0.4, -0.2) is 49.5 Å². The van der Waals surface area contributed by atoms with Gasteiger partial charge in [0.1, 0.15) is 0 Å². The first-order valence-corrected chi connectivity index (χ1v) is 5.92. The van der Waals surface area contributed by atoms with E-state index in [2.05, 4.69) is 10.1 Å². The molecule has 9 nitrogen and oxygen atoms in total. The van der Waals surface area contributed by atoms with Crippen LogP contribution in [0.1, 0.15) is 10.6 Å². The highest BCUT2D eigenvalue weighted by molar-refractivity contribution is 5.93. The molecule has 0 aliphatic rings. The van der Waals surface area contributed by atoms with Gasteiger partial charge in [-0.25, -0.2) is 9.59 Å². The maximum absolute atomic E-state index is 11.8. The van der Waals surface area contributed by atoms with Crippen LogP contribution in [0.4, 0.5) is 0 Å². The number of aliphatic hydroxyl groups is 1. The lowest BCUT2D eigenvalue weighted by Crippen LogP contribution is -2.43. The highest BCUT2D eigenvalue weighted by Crippen LogP contribution is 2.02. The Bertz CT molecular complexity index is 706. The van der Waals surface area contributed by atoms with Crippen molar-refractivity contribution >= 4 is 11.9 Å². The summed E-state index contributed by atoms with van der Waals surface area (Å²) in [4.78, 5) is 36.5. The van der Waals surface area contributed by atoms with Gasteiger partial charge in [-0.15, -0.1) is 5.10 Å². The molecular formula is C12H12N4O5. The zero-order valence-electron chi connectivity index (χ0n) is 10.7. The monoisotopic (exact) mass is 292 g/mol. The Kier molecular flexibility index (Phi) is 4.14. The number of hydrogen-bond donors (Lipinski definition) is 4. The molecule has 0 bridgehead atoms. The molecule has 1 heterocycles. The molecule has 1 aromatic carbocycles. The predicted octanol–water partition coefficient (Wildman–Crippen LogP) is -1.26. The van der Waals surface area contributed by atoms with Crippen LogP contribution in [0.3, 0.4) is 0 Å². The maximum Gasteiger partial charge on any atom is 0.348 e. The predicted molar refractivity (Wildman–Crippen MR) is 70.2 cm³/mol. The summed E-state index contributed by atoms with van der Waals surface area (Å²) >= 11 is 0. The molecule has 0 aliphatic carbocycles. The molecule has 0 spiro atoms. The van der Waals surface area contributed by atoms with E-state index >= 15 is 0 Å². The number of nitrogens with one attached hydrogen (secondary N) is 2. The van der Waals surface area contributed by atoms with Crippen molar-refractivity contribution in [3.05, 3.63) is 46.6 Å². The smallest absolute Gasteiger partial charge is 0.348 e. The molecule has 0 radical (unpaired) electrons. The van der Waals surface area contributed by atoms with Crippen LogP contribution in [0.25, 0.3) is 5.69 Å². The molecule has 21 heavy (non-hydrogen) atoms. The van der Waals surface area contributed by atoms with Crippen LogP contribution < -0.4 is 11.0 Å². The fourth-order valence-electron chi connectivity index (χ4n) is 1.58. The first kappa shape index (κ1) is 14.5. The molecular weight excluding hydrogens is 280 g/mol. The van der Waals surface area contributed by atoms with Crippen molar-refractivity contribution in [3.63, 3.8) is 0 Å². The van der Waals surface area contributed by atoms with Gasteiger partial charge in [-0.2, -0.15) is 4.68 Å². The minimum Gasteiger partial charge on any atom is -0.480 e. The zero-order chi connectivity index (χ0) is 15.4. The first-order chi connectivity index (χ1) is 10.0. The molecule has 1 aromatic heterocycles. The van der Waals surface area contributed by atoms with Gasteiger partial charge in [0.05, 0.1) is 12.3 Å². The molecule has 0 saturated carbocycles. The number of amides is 1. The van der Waals surface area contributed by atoms with Gasteiger partial charge >= 0.3 is 11.7 Å². The fraction of sp³-hybridized carbons (Fsp3) is 0.167. The highest BCUT2D eigenvalue weighted by Gasteiger charge is 2.22. The lowest BCUT2D eigenvalue weighted by Gasteiger charge is -2.09. The van der Waals surface area contributed by atoms with Gasteiger partial charge in [0.2, 0.25) is 5.82 Å². The van der Waals surface area contributed by atoms with Crippen LogP contribution >= 0.6 is 0 Å². The third-order valence-electron chi connectivity index (χ3n) is 2.62. The summed E-state index contributed by atoms with van der Waals surface area (Å²) < 4.78 is 0.976. The molecule has 1 atom stereocenters. The molecule has 2 rings (SSSR count). The number of aromatic nitrogens is 3. The number of aromatic amines is 1. The van der Waals surface area contributed by atoms with Crippen LogP contribution in [0, 0.1) is 0 Å². The van der Waals surface area contributed by atoms with Crippen molar-refractivity contribution in [3.8, 4) is 5.69 Å². The Hall–Kier alpha value is -2.94. The Morgan fingerprint density at radius 3 is 2.57 bits per heavy atom. The van der Waals surface area contributed by atoms with E-state index in [1.165, 1.54) is 0 Å². The topological polar surface area (TPSA) is 137 Å². The molecule has 0 aliphatic heterocycles. The van der Waals surface area contributed by atoms with Crippen LogP contribution in [0.2, 0.25) is 0 Å². The second-order valence-corrected chi connectivity index (χ2v) is 4.07. The van der Waals surface area contributed by atoms with Crippen LogP contribution in [-0.2, 0) is 4.79 Å². The van der Waals surface area contributed by atoms with Gasteiger partial charge in [0, 0.05) is 0 Å². The number of rotatable bonds is 5. The van der Waals surface area contributed by atoms with Crippen molar-refractivity contribution in [2.24, 2.45) is 0 Å². The molecule has 110 valence electrons. The summed E-state index contributed by atoms with van der Waals surface area (Å²) in [6, 6.07) is 6.93. The average Bonchev–Trinajstić information content (AvgIpc) is 2.87. The molecule has 0 fully saturated rings. The zero-order valence-corrected chi connectivity index (χ0v) is 10.7. The van der Waals surface area contributed by atoms with Crippen LogP contribution in [0.15, 0.2) is 35.1 Å². The van der Waals surface area contributed by atoms with Gasteiger partial charge in [0.15, 0.2) is 6.04 Å². The molecule has 1 unspecified atom stereocenters. The van der Waals surface area contributed by atoms with E-state index in [-0.39, 0.29) is 5.82 Å². The van der Waals surface area contributed by atoms with E-state index in [0.29, 0.717) is 5.69 Å². The Morgan fingerprint density at radius 2 is 2.00 bits per heavy atom. The SMILES string of the molecule is O=C(NC(CO)C(=O)O)c1nn(-c2ccccc2)c(=O)[nH]1. The van der Waals surface area contributed by atoms with Crippen molar-refractivity contribution in [1.29, 1.82) is 0 Å². The van der Waals surface area contributed by atoms with E-state index in [0.717, 1.165) is 4.68 Å². The molecule has 1 amide bonds. The maximum atomic E-state index is 11.8. The lowest BCUT2D eigenvalue weighted by molar-refractivity contribution is -0.140. The fourth-order valence-corrected chi connectivity index (χ4v) is 1.58. The number of hydrogen-bond acceptors (Lipinski definition) is 5. The highest BCUT2D eigenvalue weighted by atomic mass is 16.4. The molecule has 4 N–H and O–H groups in total. The minimum absolute atomic E-state index is 0.344. The largest absolute Gasteiger partial charge is 0.480 e. The first-order valence-electron chi connectivity index (χ1n) is 5.92. The summed E-state index contributed by atoms with van der Waals surface area (Å²) in [5, 5.41) is 23.4. The second kappa shape index (κ2) is 6.01. The van der Waals surface area contributed by atoms with Gasteiger partial charge in [-0.05, 0) is 12.1 Å². The van der Waals surface area contributed by atoms with E-state index in [9.17, 15) is 14.4 Å². The number of nitrogens with zero attached hydrogens (tertiary/aromatic N) is 2. The molecule has 0 saturated heterocycles. The summed E-state index contributed by atoms with van der Waals surface area (Å²) in [5.41, 5.74) is -0.183. The third-order valence-corrected chi connectivity index (χ3v) is 2.62. The summed E-state index contributed by atoms with van der Waals surface area (Å²) in [6.07, 6.45) is 0. The van der Waals surface area contributed by atoms with Gasteiger partial charge in [-0.3, -0.25) is 9.78 Å². The van der Waals surface area contributed by atoms with Gasteiger partial charge in [0.25, 0.3) is 5.91 Å². The lowest BCUT2D eigenvalue weighted by atomic mass is 10.3. The van der Waals surface area contributed by atoms with Gasteiger partial charge < -0.3 is 15.5 Å². The van der Waals surface area contributed by atoms with E-state index in [1.54, 1.807) is 30.3 Å². The Balaban J connectivity index is 2.25. The van der Waals surface area contributed by atoms with Crippen molar-refractivity contribution in [1.82, 2.24) is 20.1 Å². The van der Waals surface area contributed by atoms with E-state index in [1.807, 2.05) is 5.32 Å². The number of aliphatic hydroxyl groups excluding tert-OH is 1. The molecule has 2 aromatic rings. The van der Waals surface area contributed by atoms with Gasteiger partial charge in [-0.1, -0.05) is 18.2 Å². The third kappa shape index (κ3) is 3.15. The number of carbonyl (C=O) groups excluding carboxylic acids is 1. The number of carboxylic acids is 1. The molecule has 9 heteroatoms. The number of carboxylic acid groups (broad SMARTS) is 1. The number of para-hydroxylation sites is 1. The Labute approximate surface area is 117 Å². The quantitative estimate of drug-likeness (QED) is 0.542. The van der Waals surface area contributed by atoms with Crippen molar-refractivity contribution < 1.29 is 19.8 Å². The van der Waals surface area contributed by atoms with E-state index in [4.69, 9.17) is 10.2 Å². The standard InChI is InChI=1S/C12H12N4O5/c17-6-8(11(19)20)13-10(18)9-14-12(21)16(15-9)7-4-2-1-3-5-7/h1-5,8,17H,6H2,(H,13,18)(H,19,20)(H,14,15,21). The summed E-state index contributed by atoms with van der Waals surface area (Å²) in [6.45, 7) is -0.773. The minimum atomic E-state index is -1.47. The van der Waals surface area contributed by atoms with Crippen molar-refractivity contribution in [2.45, 2.75) is 6.04 Å². The Morgan fingerprint density at radius 1 is 1.33 bits per heavy atom. The van der Waals surface area contributed by atoms with Crippen molar-refractivity contribution in [2.75, 3.05) is 6.61 Å². The number of H-pyrrole nitrogens is 1. The number of aliphatic carboxylic acids is 1. The normalized spacial score (nSPS) is 11.9. The summed E-state index contributed by atoms with van der Waals surface area (Å²) in [7, 11) is 0. The summed E-state index contributed by atoms with van der Waals surface area (Å²) in [5.74, 6) is -2.64. The van der Waals surface area contributed by atoms with E-state index < -0.39 is 30.2 Å².